The lowest BCUT2D eigenvalue weighted by Gasteiger charge is -1.97. The van der Waals surface area contributed by atoms with Crippen molar-refractivity contribution in [1.29, 1.82) is 0 Å². The quantitative estimate of drug-likeness (QED) is 0.520. The standard InChI is InChI=1S/C12H18O2S/c1-3-4-5-6-7-11(13)12-8-10(14-2)9-15-12/h8-9H,3-7H2,1-2H3. The lowest BCUT2D eigenvalue weighted by molar-refractivity contribution is 0.0983. The third kappa shape index (κ3) is 4.04. The van der Waals surface area contributed by atoms with Crippen LogP contribution in [-0.2, 0) is 0 Å². The predicted molar refractivity (Wildman–Crippen MR) is 64.0 cm³/mol. The summed E-state index contributed by atoms with van der Waals surface area (Å²) in [4.78, 5) is 12.5. The summed E-state index contributed by atoms with van der Waals surface area (Å²) in [5.74, 6) is 1.04. The summed E-state index contributed by atoms with van der Waals surface area (Å²) in [6, 6.07) is 1.83. The average Bonchev–Trinajstić information content (AvgIpc) is 2.72. The predicted octanol–water partition coefficient (Wildman–Crippen LogP) is 3.91. The highest BCUT2D eigenvalue weighted by Gasteiger charge is 2.08. The summed E-state index contributed by atoms with van der Waals surface area (Å²) < 4.78 is 5.05. The Morgan fingerprint density at radius 1 is 1.40 bits per heavy atom. The first kappa shape index (κ1) is 12.2. The van der Waals surface area contributed by atoms with E-state index in [0.29, 0.717) is 6.42 Å². The Labute approximate surface area is 95.3 Å². The van der Waals surface area contributed by atoms with Gasteiger partial charge in [0.05, 0.1) is 12.0 Å². The number of thiophene rings is 1. The van der Waals surface area contributed by atoms with E-state index in [-0.39, 0.29) is 5.78 Å². The fraction of sp³-hybridized carbons (Fsp3) is 0.583. The highest BCUT2D eigenvalue weighted by molar-refractivity contribution is 7.12. The SMILES string of the molecule is CCCCCCC(=O)c1cc(OC)cs1. The zero-order chi connectivity index (χ0) is 11.1. The minimum absolute atomic E-state index is 0.249. The number of hydrogen-bond donors (Lipinski definition) is 0. The molecule has 0 bridgehead atoms. The maximum absolute atomic E-state index is 11.7. The fourth-order valence-corrected chi connectivity index (χ4v) is 2.23. The normalized spacial score (nSPS) is 10.3. The first-order chi connectivity index (χ1) is 7.27. The van der Waals surface area contributed by atoms with Gasteiger partial charge in [-0.3, -0.25) is 4.79 Å². The molecule has 0 spiro atoms. The number of carbonyl (C=O) groups excluding carboxylic acids is 1. The van der Waals surface area contributed by atoms with Gasteiger partial charge in [-0.1, -0.05) is 26.2 Å². The smallest absolute Gasteiger partial charge is 0.172 e. The number of methoxy groups -OCH3 is 1. The summed E-state index contributed by atoms with van der Waals surface area (Å²) in [6.45, 7) is 2.17. The Hall–Kier alpha value is -0.830. The molecule has 84 valence electrons. The van der Waals surface area contributed by atoms with Gasteiger partial charge in [0, 0.05) is 17.9 Å². The molecule has 1 heterocycles. The van der Waals surface area contributed by atoms with Gasteiger partial charge in [-0.2, -0.15) is 0 Å². The maximum atomic E-state index is 11.7. The summed E-state index contributed by atoms with van der Waals surface area (Å²) >= 11 is 1.47. The van der Waals surface area contributed by atoms with Crippen molar-refractivity contribution in [2.24, 2.45) is 0 Å². The van der Waals surface area contributed by atoms with Crippen molar-refractivity contribution in [3.8, 4) is 5.75 Å². The van der Waals surface area contributed by atoms with E-state index in [0.717, 1.165) is 23.5 Å². The van der Waals surface area contributed by atoms with Gasteiger partial charge < -0.3 is 4.74 Å². The Morgan fingerprint density at radius 3 is 2.80 bits per heavy atom. The molecule has 0 N–H and O–H groups in total. The largest absolute Gasteiger partial charge is 0.496 e. The molecule has 0 radical (unpaired) electrons. The molecule has 0 aliphatic heterocycles. The van der Waals surface area contributed by atoms with E-state index >= 15 is 0 Å². The first-order valence-corrected chi connectivity index (χ1v) is 6.31. The molecule has 0 fully saturated rings. The molecular weight excluding hydrogens is 208 g/mol. The van der Waals surface area contributed by atoms with Crippen LogP contribution in [0.25, 0.3) is 0 Å². The van der Waals surface area contributed by atoms with Crippen LogP contribution in [0.15, 0.2) is 11.4 Å². The van der Waals surface area contributed by atoms with Gasteiger partial charge in [0.25, 0.3) is 0 Å². The number of ketones is 1. The van der Waals surface area contributed by atoms with Gasteiger partial charge in [-0.05, 0) is 6.42 Å². The first-order valence-electron chi connectivity index (χ1n) is 5.43. The number of unbranched alkanes of at least 4 members (excludes halogenated alkanes) is 3. The van der Waals surface area contributed by atoms with Crippen molar-refractivity contribution < 1.29 is 9.53 Å². The minimum Gasteiger partial charge on any atom is -0.496 e. The van der Waals surface area contributed by atoms with Crippen LogP contribution in [0, 0.1) is 0 Å². The highest BCUT2D eigenvalue weighted by Crippen LogP contribution is 2.23. The van der Waals surface area contributed by atoms with Crippen LogP contribution in [0.1, 0.15) is 48.7 Å². The molecule has 0 saturated heterocycles. The lowest BCUT2D eigenvalue weighted by Crippen LogP contribution is -1.95. The number of rotatable bonds is 7. The number of Topliss-reactive ketones (excluding diaryl/α,β-unsaturated/α-hetero) is 1. The van der Waals surface area contributed by atoms with E-state index in [1.165, 1.54) is 24.2 Å². The average molecular weight is 226 g/mol. The number of carbonyl (C=O) groups is 1. The summed E-state index contributed by atoms with van der Waals surface area (Å²) in [6.07, 6.45) is 5.27. The van der Waals surface area contributed by atoms with Crippen LogP contribution in [0.4, 0.5) is 0 Å². The van der Waals surface area contributed by atoms with Gasteiger partial charge in [-0.15, -0.1) is 11.3 Å². The molecule has 0 unspecified atom stereocenters. The Morgan fingerprint density at radius 2 is 2.20 bits per heavy atom. The minimum atomic E-state index is 0.249. The fourth-order valence-electron chi connectivity index (χ4n) is 1.41. The third-order valence-corrected chi connectivity index (χ3v) is 3.29. The molecular formula is C12H18O2S. The second-order valence-corrected chi connectivity index (χ2v) is 4.50. The van der Waals surface area contributed by atoms with Gasteiger partial charge in [0.2, 0.25) is 0 Å². The molecule has 3 heteroatoms. The second-order valence-electron chi connectivity index (χ2n) is 3.58. The Kier molecular flexibility index (Phi) is 5.40. The van der Waals surface area contributed by atoms with Gasteiger partial charge in [-0.25, -0.2) is 0 Å². The van der Waals surface area contributed by atoms with Crippen molar-refractivity contribution in [3.05, 3.63) is 16.3 Å². The molecule has 1 aromatic heterocycles. The zero-order valence-electron chi connectivity index (χ0n) is 9.41. The van der Waals surface area contributed by atoms with E-state index in [2.05, 4.69) is 6.92 Å². The van der Waals surface area contributed by atoms with Crippen LogP contribution in [-0.4, -0.2) is 12.9 Å². The number of hydrogen-bond acceptors (Lipinski definition) is 3. The third-order valence-electron chi connectivity index (χ3n) is 2.34. The van der Waals surface area contributed by atoms with E-state index in [1.54, 1.807) is 7.11 Å². The van der Waals surface area contributed by atoms with Crippen LogP contribution in [0.3, 0.4) is 0 Å². The van der Waals surface area contributed by atoms with Crippen molar-refractivity contribution >= 4 is 17.1 Å². The lowest BCUT2D eigenvalue weighted by atomic mass is 10.1. The van der Waals surface area contributed by atoms with Crippen LogP contribution in [0.2, 0.25) is 0 Å². The molecule has 0 aliphatic carbocycles. The van der Waals surface area contributed by atoms with E-state index in [4.69, 9.17) is 4.74 Å². The van der Waals surface area contributed by atoms with Crippen molar-refractivity contribution in [2.75, 3.05) is 7.11 Å². The number of ether oxygens (including phenoxy) is 1. The Bertz CT molecular complexity index is 304. The molecule has 0 aliphatic rings. The Balaban J connectivity index is 2.33. The molecule has 0 atom stereocenters. The topological polar surface area (TPSA) is 26.3 Å². The molecule has 0 aromatic carbocycles. The van der Waals surface area contributed by atoms with Crippen molar-refractivity contribution in [1.82, 2.24) is 0 Å². The maximum Gasteiger partial charge on any atom is 0.172 e. The van der Waals surface area contributed by atoms with Crippen molar-refractivity contribution in [2.45, 2.75) is 39.0 Å². The highest BCUT2D eigenvalue weighted by atomic mass is 32.1. The van der Waals surface area contributed by atoms with Crippen LogP contribution in [0.5, 0.6) is 5.75 Å². The molecule has 1 rings (SSSR count). The summed E-state index contributed by atoms with van der Waals surface area (Å²) in [7, 11) is 1.62. The molecule has 2 nitrogen and oxygen atoms in total. The van der Waals surface area contributed by atoms with E-state index in [1.807, 2.05) is 11.4 Å². The summed E-state index contributed by atoms with van der Waals surface area (Å²) in [5.41, 5.74) is 0. The second kappa shape index (κ2) is 6.62. The van der Waals surface area contributed by atoms with E-state index in [9.17, 15) is 4.79 Å². The molecule has 1 aromatic rings. The van der Waals surface area contributed by atoms with E-state index < -0.39 is 0 Å². The van der Waals surface area contributed by atoms with Crippen LogP contribution < -0.4 is 4.74 Å². The van der Waals surface area contributed by atoms with Crippen LogP contribution >= 0.6 is 11.3 Å². The van der Waals surface area contributed by atoms with Gasteiger partial charge in [0.1, 0.15) is 5.75 Å². The molecule has 0 saturated carbocycles. The molecule has 15 heavy (non-hydrogen) atoms. The zero-order valence-corrected chi connectivity index (χ0v) is 10.2. The van der Waals surface area contributed by atoms with Gasteiger partial charge >= 0.3 is 0 Å². The summed E-state index contributed by atoms with van der Waals surface area (Å²) in [5, 5.41) is 1.87. The molecule has 0 amide bonds. The monoisotopic (exact) mass is 226 g/mol. The van der Waals surface area contributed by atoms with Crippen molar-refractivity contribution in [3.63, 3.8) is 0 Å². The van der Waals surface area contributed by atoms with Gasteiger partial charge in [0.15, 0.2) is 5.78 Å².